The van der Waals surface area contributed by atoms with E-state index < -0.39 is 0 Å². The maximum absolute atomic E-state index is 5.87. The summed E-state index contributed by atoms with van der Waals surface area (Å²) < 4.78 is 5.59. The average molecular weight is 207 g/mol. The molecule has 2 N–H and O–H groups in total. The van der Waals surface area contributed by atoms with Gasteiger partial charge in [-0.05, 0) is 37.0 Å². The monoisotopic (exact) mass is 207 g/mol. The molecule has 1 aromatic carbocycles. The van der Waals surface area contributed by atoms with E-state index in [2.05, 4.69) is 19.9 Å². The topological polar surface area (TPSA) is 35.2 Å². The lowest BCUT2D eigenvalue weighted by molar-refractivity contribution is 0.335. The van der Waals surface area contributed by atoms with Crippen LogP contribution in [0.5, 0.6) is 5.75 Å². The van der Waals surface area contributed by atoms with Crippen LogP contribution in [0.25, 0.3) is 0 Å². The van der Waals surface area contributed by atoms with Gasteiger partial charge in [0.1, 0.15) is 5.75 Å². The van der Waals surface area contributed by atoms with Crippen molar-refractivity contribution < 1.29 is 4.74 Å². The van der Waals surface area contributed by atoms with Crippen molar-refractivity contribution in [3.05, 3.63) is 29.3 Å². The van der Waals surface area contributed by atoms with Crippen LogP contribution in [-0.4, -0.2) is 6.61 Å². The average Bonchev–Trinajstić information content (AvgIpc) is 2.18. The van der Waals surface area contributed by atoms with Gasteiger partial charge in [0.05, 0.1) is 6.61 Å². The van der Waals surface area contributed by atoms with Crippen LogP contribution in [0.3, 0.4) is 0 Å². The lowest BCUT2D eigenvalue weighted by atomic mass is 9.97. The fourth-order valence-corrected chi connectivity index (χ4v) is 1.59. The first-order valence-electron chi connectivity index (χ1n) is 5.58. The molecule has 0 heterocycles. The zero-order valence-corrected chi connectivity index (χ0v) is 10.1. The Morgan fingerprint density at radius 1 is 1.27 bits per heavy atom. The highest BCUT2D eigenvalue weighted by Gasteiger charge is 2.10. The molecule has 15 heavy (non-hydrogen) atoms. The highest BCUT2D eigenvalue weighted by Crippen LogP contribution is 2.29. The van der Waals surface area contributed by atoms with Crippen LogP contribution in [0.2, 0.25) is 0 Å². The molecule has 1 rings (SSSR count). The molecule has 0 radical (unpaired) electrons. The second-order valence-corrected chi connectivity index (χ2v) is 4.17. The molecule has 1 atom stereocenters. The Bertz CT molecular complexity index is 318. The third kappa shape index (κ3) is 2.96. The number of hydrogen-bond donors (Lipinski definition) is 1. The van der Waals surface area contributed by atoms with Crippen molar-refractivity contribution in [2.45, 2.75) is 39.7 Å². The van der Waals surface area contributed by atoms with E-state index in [4.69, 9.17) is 10.5 Å². The molecule has 0 saturated carbocycles. The number of rotatable bonds is 4. The van der Waals surface area contributed by atoms with E-state index in [1.165, 1.54) is 11.1 Å². The Balaban J connectivity index is 3.09. The molecule has 0 spiro atoms. The largest absolute Gasteiger partial charge is 0.494 e. The standard InChI is InChI=1S/C13H21NO/c1-5-15-13-7-6-11(10(4)14)8-12(13)9(2)3/h6-10H,5,14H2,1-4H3. The van der Waals surface area contributed by atoms with Crippen LogP contribution in [0.4, 0.5) is 0 Å². The number of ether oxygens (including phenoxy) is 1. The fourth-order valence-electron chi connectivity index (χ4n) is 1.59. The second-order valence-electron chi connectivity index (χ2n) is 4.17. The maximum atomic E-state index is 5.87. The molecule has 84 valence electrons. The van der Waals surface area contributed by atoms with Gasteiger partial charge in [-0.25, -0.2) is 0 Å². The molecular weight excluding hydrogens is 186 g/mol. The van der Waals surface area contributed by atoms with Gasteiger partial charge in [0, 0.05) is 6.04 Å². The molecule has 0 aliphatic carbocycles. The van der Waals surface area contributed by atoms with Crippen LogP contribution in [0.1, 0.15) is 50.8 Å². The van der Waals surface area contributed by atoms with E-state index in [0.717, 1.165) is 5.75 Å². The Morgan fingerprint density at radius 3 is 2.40 bits per heavy atom. The summed E-state index contributed by atoms with van der Waals surface area (Å²) in [5.74, 6) is 1.45. The third-order valence-electron chi connectivity index (χ3n) is 2.48. The van der Waals surface area contributed by atoms with Gasteiger partial charge in [-0.1, -0.05) is 26.0 Å². The molecular formula is C13H21NO. The zero-order valence-electron chi connectivity index (χ0n) is 10.1. The van der Waals surface area contributed by atoms with E-state index in [1.807, 2.05) is 26.0 Å². The van der Waals surface area contributed by atoms with E-state index in [9.17, 15) is 0 Å². The molecule has 2 heteroatoms. The minimum Gasteiger partial charge on any atom is -0.494 e. The number of nitrogens with two attached hydrogens (primary N) is 1. The molecule has 0 aliphatic heterocycles. The Labute approximate surface area is 92.4 Å². The molecule has 1 aromatic rings. The van der Waals surface area contributed by atoms with Crippen molar-refractivity contribution >= 4 is 0 Å². The van der Waals surface area contributed by atoms with Crippen LogP contribution >= 0.6 is 0 Å². The summed E-state index contributed by atoms with van der Waals surface area (Å²) >= 11 is 0. The van der Waals surface area contributed by atoms with Crippen molar-refractivity contribution in [1.29, 1.82) is 0 Å². The molecule has 0 amide bonds. The number of hydrogen-bond acceptors (Lipinski definition) is 2. The molecule has 1 unspecified atom stereocenters. The summed E-state index contributed by atoms with van der Waals surface area (Å²) in [5.41, 5.74) is 8.28. The molecule has 2 nitrogen and oxygen atoms in total. The molecule has 0 aromatic heterocycles. The van der Waals surface area contributed by atoms with Gasteiger partial charge in [-0.15, -0.1) is 0 Å². The van der Waals surface area contributed by atoms with Gasteiger partial charge in [-0.3, -0.25) is 0 Å². The highest BCUT2D eigenvalue weighted by molar-refractivity contribution is 5.40. The summed E-state index contributed by atoms with van der Waals surface area (Å²) in [5, 5.41) is 0. The van der Waals surface area contributed by atoms with E-state index in [-0.39, 0.29) is 6.04 Å². The SMILES string of the molecule is CCOc1ccc(C(C)N)cc1C(C)C. The highest BCUT2D eigenvalue weighted by atomic mass is 16.5. The maximum Gasteiger partial charge on any atom is 0.122 e. The van der Waals surface area contributed by atoms with Crippen LogP contribution < -0.4 is 10.5 Å². The summed E-state index contributed by atoms with van der Waals surface area (Å²) in [6.07, 6.45) is 0. The fraction of sp³-hybridized carbons (Fsp3) is 0.538. The van der Waals surface area contributed by atoms with Crippen molar-refractivity contribution in [2.75, 3.05) is 6.61 Å². The Kier molecular flexibility index (Phi) is 4.15. The second kappa shape index (κ2) is 5.17. The normalized spacial score (nSPS) is 12.9. The van der Waals surface area contributed by atoms with Crippen LogP contribution in [0.15, 0.2) is 18.2 Å². The first-order valence-corrected chi connectivity index (χ1v) is 5.58. The van der Waals surface area contributed by atoms with Gasteiger partial charge in [-0.2, -0.15) is 0 Å². The predicted molar refractivity (Wildman–Crippen MR) is 64.3 cm³/mol. The first-order chi connectivity index (χ1) is 7.06. The summed E-state index contributed by atoms with van der Waals surface area (Å²) in [6, 6.07) is 6.30. The Morgan fingerprint density at radius 2 is 1.93 bits per heavy atom. The third-order valence-corrected chi connectivity index (χ3v) is 2.48. The van der Waals surface area contributed by atoms with Gasteiger partial charge < -0.3 is 10.5 Å². The number of benzene rings is 1. The minimum absolute atomic E-state index is 0.0816. The van der Waals surface area contributed by atoms with E-state index in [0.29, 0.717) is 12.5 Å². The van der Waals surface area contributed by atoms with Crippen LogP contribution in [0, 0.1) is 0 Å². The quantitative estimate of drug-likeness (QED) is 0.822. The van der Waals surface area contributed by atoms with Crippen molar-refractivity contribution in [1.82, 2.24) is 0 Å². The van der Waals surface area contributed by atoms with Crippen molar-refractivity contribution in [3.8, 4) is 5.75 Å². The van der Waals surface area contributed by atoms with Gasteiger partial charge in [0.15, 0.2) is 0 Å². The first kappa shape index (κ1) is 12.1. The molecule has 0 fully saturated rings. The predicted octanol–water partition coefficient (Wildman–Crippen LogP) is 3.23. The van der Waals surface area contributed by atoms with E-state index >= 15 is 0 Å². The summed E-state index contributed by atoms with van der Waals surface area (Å²) in [6.45, 7) is 9.05. The smallest absolute Gasteiger partial charge is 0.122 e. The van der Waals surface area contributed by atoms with E-state index in [1.54, 1.807) is 0 Å². The van der Waals surface area contributed by atoms with Crippen molar-refractivity contribution in [3.63, 3.8) is 0 Å². The zero-order chi connectivity index (χ0) is 11.4. The van der Waals surface area contributed by atoms with Gasteiger partial charge in [0.2, 0.25) is 0 Å². The lowest BCUT2D eigenvalue weighted by Gasteiger charge is -2.16. The molecule has 0 aliphatic rings. The molecule has 0 saturated heterocycles. The molecule has 0 bridgehead atoms. The minimum atomic E-state index is 0.0816. The van der Waals surface area contributed by atoms with Gasteiger partial charge in [0.25, 0.3) is 0 Å². The Hall–Kier alpha value is -1.02. The van der Waals surface area contributed by atoms with Gasteiger partial charge >= 0.3 is 0 Å². The summed E-state index contributed by atoms with van der Waals surface area (Å²) in [4.78, 5) is 0. The lowest BCUT2D eigenvalue weighted by Crippen LogP contribution is -2.07. The van der Waals surface area contributed by atoms with Crippen molar-refractivity contribution in [2.24, 2.45) is 5.73 Å². The van der Waals surface area contributed by atoms with Crippen LogP contribution in [-0.2, 0) is 0 Å². The summed E-state index contributed by atoms with van der Waals surface area (Å²) in [7, 11) is 0.